The Hall–Kier alpha value is -2.04. The largest absolute Gasteiger partial charge is 0.446 e. The Labute approximate surface area is 165 Å². The third kappa shape index (κ3) is 6.84. The van der Waals surface area contributed by atoms with Gasteiger partial charge in [0.2, 0.25) is 10.0 Å². The van der Waals surface area contributed by atoms with Gasteiger partial charge >= 0.3 is 5.51 Å². The predicted octanol–water partition coefficient (Wildman–Crippen LogP) is 4.63. The van der Waals surface area contributed by atoms with Crippen LogP contribution in [0.15, 0.2) is 58.3 Å². The number of hydrogen-bond donors (Lipinski definition) is 2. The van der Waals surface area contributed by atoms with Crippen LogP contribution in [-0.4, -0.2) is 25.4 Å². The van der Waals surface area contributed by atoms with Crippen LogP contribution >= 0.6 is 11.8 Å². The Morgan fingerprint density at radius 2 is 1.61 bits per heavy atom. The molecular formula is C18H19F3N2O3S2. The second-order valence-corrected chi connectivity index (χ2v) is 9.73. The fraction of sp³-hybridized carbons (Fsp3) is 0.278. The average Bonchev–Trinajstić information content (AvgIpc) is 2.52. The number of rotatable bonds is 5. The minimum atomic E-state index is -4.41. The molecule has 2 rings (SSSR count). The molecule has 0 fully saturated rings. The van der Waals surface area contributed by atoms with E-state index in [1.807, 2.05) is 0 Å². The maximum absolute atomic E-state index is 12.4. The molecule has 0 bridgehead atoms. The molecule has 2 N–H and O–H groups in total. The Bertz CT molecular complexity index is 951. The Balaban J connectivity index is 2.15. The zero-order valence-corrected chi connectivity index (χ0v) is 16.9. The highest BCUT2D eigenvalue weighted by Crippen LogP contribution is 2.36. The van der Waals surface area contributed by atoms with Crippen LogP contribution in [0.3, 0.4) is 0 Å². The number of amides is 1. The number of benzene rings is 2. The van der Waals surface area contributed by atoms with Gasteiger partial charge in [-0.15, -0.1) is 0 Å². The molecule has 0 heterocycles. The van der Waals surface area contributed by atoms with Crippen LogP contribution in [0, 0.1) is 0 Å². The molecule has 0 unspecified atom stereocenters. The quantitative estimate of drug-likeness (QED) is 0.676. The van der Waals surface area contributed by atoms with Gasteiger partial charge in [-0.3, -0.25) is 4.79 Å². The standard InChI is InChI=1S/C18H19F3N2O3S2/c1-17(2,3)23-28(25,26)15-6-4-5-13(11-15)22-16(24)12-7-9-14(10-8-12)27-18(19,20)21/h4-11,23H,1-3H3,(H,22,24). The summed E-state index contributed by atoms with van der Waals surface area (Å²) in [5.41, 5.74) is -4.69. The van der Waals surface area contributed by atoms with Crippen molar-refractivity contribution in [3.8, 4) is 0 Å². The van der Waals surface area contributed by atoms with E-state index in [2.05, 4.69) is 10.0 Å². The number of carbonyl (C=O) groups excluding carboxylic acids is 1. The van der Waals surface area contributed by atoms with Crippen LogP contribution in [0.25, 0.3) is 0 Å². The third-order valence-corrected chi connectivity index (χ3v) is 5.69. The zero-order chi connectivity index (χ0) is 21.2. The summed E-state index contributed by atoms with van der Waals surface area (Å²) in [6, 6.07) is 10.6. The van der Waals surface area contributed by atoms with Crippen LogP contribution in [0.5, 0.6) is 0 Å². The maximum Gasteiger partial charge on any atom is 0.446 e. The van der Waals surface area contributed by atoms with Gasteiger partial charge in [0.25, 0.3) is 5.91 Å². The lowest BCUT2D eigenvalue weighted by atomic mass is 10.1. The molecule has 5 nitrogen and oxygen atoms in total. The van der Waals surface area contributed by atoms with Gasteiger partial charge in [0.05, 0.1) is 4.90 Å². The normalized spacial score (nSPS) is 12.6. The molecular weight excluding hydrogens is 413 g/mol. The van der Waals surface area contributed by atoms with E-state index in [-0.39, 0.29) is 32.8 Å². The van der Waals surface area contributed by atoms with Crippen molar-refractivity contribution < 1.29 is 26.4 Å². The molecule has 0 atom stereocenters. The van der Waals surface area contributed by atoms with Gasteiger partial charge in [-0.25, -0.2) is 13.1 Å². The van der Waals surface area contributed by atoms with Gasteiger partial charge in [-0.2, -0.15) is 13.2 Å². The van der Waals surface area contributed by atoms with Crippen LogP contribution < -0.4 is 10.0 Å². The lowest BCUT2D eigenvalue weighted by Crippen LogP contribution is -2.40. The summed E-state index contributed by atoms with van der Waals surface area (Å²) in [5.74, 6) is -0.568. The lowest BCUT2D eigenvalue weighted by Gasteiger charge is -2.20. The van der Waals surface area contributed by atoms with Crippen molar-refractivity contribution in [1.29, 1.82) is 0 Å². The first kappa shape index (κ1) is 22.3. The molecule has 28 heavy (non-hydrogen) atoms. The Morgan fingerprint density at radius 1 is 1.00 bits per heavy atom. The van der Waals surface area contributed by atoms with Crippen LogP contribution in [0.4, 0.5) is 18.9 Å². The number of hydrogen-bond acceptors (Lipinski definition) is 4. The van der Waals surface area contributed by atoms with Gasteiger partial charge < -0.3 is 5.32 Å². The van der Waals surface area contributed by atoms with E-state index in [4.69, 9.17) is 0 Å². The average molecular weight is 432 g/mol. The van der Waals surface area contributed by atoms with Crippen molar-refractivity contribution in [1.82, 2.24) is 4.72 Å². The first-order valence-electron chi connectivity index (χ1n) is 8.06. The minimum absolute atomic E-state index is 0.0165. The lowest BCUT2D eigenvalue weighted by molar-refractivity contribution is -0.0328. The fourth-order valence-corrected chi connectivity index (χ4v) is 4.22. The summed E-state index contributed by atoms with van der Waals surface area (Å²) in [4.78, 5) is 12.2. The van der Waals surface area contributed by atoms with Crippen LogP contribution in [0.2, 0.25) is 0 Å². The Kier molecular flexibility index (Phi) is 6.47. The highest BCUT2D eigenvalue weighted by Gasteiger charge is 2.29. The summed E-state index contributed by atoms with van der Waals surface area (Å²) < 4.78 is 64.4. The summed E-state index contributed by atoms with van der Waals surface area (Å²) in [6.45, 7) is 5.12. The van der Waals surface area contributed by atoms with Gasteiger partial charge in [0.15, 0.2) is 0 Å². The van der Waals surface area contributed by atoms with Crippen LogP contribution in [0.1, 0.15) is 31.1 Å². The molecule has 0 aliphatic heterocycles. The number of thioether (sulfide) groups is 1. The highest BCUT2D eigenvalue weighted by molar-refractivity contribution is 8.00. The SMILES string of the molecule is CC(C)(C)NS(=O)(=O)c1cccc(NC(=O)c2ccc(SC(F)(F)F)cc2)c1. The zero-order valence-electron chi connectivity index (χ0n) is 15.3. The van der Waals surface area contributed by atoms with Crippen molar-refractivity contribution in [2.24, 2.45) is 0 Å². The number of carbonyl (C=O) groups is 1. The minimum Gasteiger partial charge on any atom is -0.322 e. The van der Waals surface area contributed by atoms with Gasteiger partial charge in [0.1, 0.15) is 0 Å². The van der Waals surface area contributed by atoms with Gasteiger partial charge in [-0.1, -0.05) is 6.07 Å². The van der Waals surface area contributed by atoms with Crippen molar-refractivity contribution in [3.05, 3.63) is 54.1 Å². The smallest absolute Gasteiger partial charge is 0.322 e. The van der Waals surface area contributed by atoms with E-state index >= 15 is 0 Å². The van der Waals surface area contributed by atoms with Crippen molar-refractivity contribution in [2.45, 2.75) is 41.6 Å². The first-order valence-corrected chi connectivity index (χ1v) is 10.4. The predicted molar refractivity (Wildman–Crippen MR) is 103 cm³/mol. The Morgan fingerprint density at radius 3 is 2.14 bits per heavy atom. The molecule has 10 heteroatoms. The van der Waals surface area contributed by atoms with E-state index < -0.39 is 27.0 Å². The molecule has 0 aliphatic rings. The fourth-order valence-electron chi connectivity index (χ4n) is 2.21. The molecule has 0 radical (unpaired) electrons. The maximum atomic E-state index is 12.4. The second kappa shape index (κ2) is 8.14. The highest BCUT2D eigenvalue weighted by atomic mass is 32.2. The van der Waals surface area contributed by atoms with E-state index in [1.165, 1.54) is 48.5 Å². The molecule has 0 saturated carbocycles. The number of halogens is 3. The molecule has 152 valence electrons. The molecule has 0 saturated heterocycles. The molecule has 2 aromatic rings. The summed E-state index contributed by atoms with van der Waals surface area (Å²) >= 11 is -0.271. The number of nitrogens with one attached hydrogen (secondary N) is 2. The van der Waals surface area contributed by atoms with E-state index in [0.29, 0.717) is 0 Å². The summed E-state index contributed by atoms with van der Waals surface area (Å²) in [7, 11) is -3.77. The number of anilines is 1. The summed E-state index contributed by atoms with van der Waals surface area (Å²) in [6.07, 6.45) is 0. The van der Waals surface area contributed by atoms with E-state index in [9.17, 15) is 26.4 Å². The monoisotopic (exact) mass is 432 g/mol. The van der Waals surface area contributed by atoms with Crippen molar-refractivity contribution in [3.63, 3.8) is 0 Å². The topological polar surface area (TPSA) is 75.3 Å². The summed E-state index contributed by atoms with van der Waals surface area (Å²) in [5, 5.41) is 2.54. The number of sulfonamides is 1. The van der Waals surface area contributed by atoms with E-state index in [0.717, 1.165) is 0 Å². The van der Waals surface area contributed by atoms with Gasteiger partial charge in [0, 0.05) is 21.7 Å². The second-order valence-electron chi connectivity index (χ2n) is 6.91. The molecule has 0 spiro atoms. The van der Waals surface area contributed by atoms with E-state index in [1.54, 1.807) is 20.8 Å². The third-order valence-electron chi connectivity index (χ3n) is 3.19. The van der Waals surface area contributed by atoms with Crippen molar-refractivity contribution >= 4 is 33.4 Å². The molecule has 2 aromatic carbocycles. The molecule has 0 aliphatic carbocycles. The first-order chi connectivity index (χ1) is 12.8. The molecule has 1 amide bonds. The molecule has 0 aromatic heterocycles. The van der Waals surface area contributed by atoms with Crippen LogP contribution in [-0.2, 0) is 10.0 Å². The van der Waals surface area contributed by atoms with Crippen molar-refractivity contribution in [2.75, 3.05) is 5.32 Å². The van der Waals surface area contributed by atoms with Gasteiger partial charge in [-0.05, 0) is 75.0 Å². The number of alkyl halides is 3.